The number of thioether (sulfide) groups is 2. The van der Waals surface area contributed by atoms with E-state index in [1.54, 1.807) is 0 Å². The predicted octanol–water partition coefficient (Wildman–Crippen LogP) is 3.52. The van der Waals surface area contributed by atoms with Crippen molar-refractivity contribution in [1.29, 1.82) is 0 Å². The van der Waals surface area contributed by atoms with Crippen LogP contribution in [0.25, 0.3) is 0 Å². The third kappa shape index (κ3) is 2.84. The van der Waals surface area contributed by atoms with Crippen molar-refractivity contribution in [1.82, 2.24) is 5.32 Å². The van der Waals surface area contributed by atoms with Gasteiger partial charge < -0.3 is 5.32 Å². The Morgan fingerprint density at radius 3 is 2.78 bits per heavy atom. The summed E-state index contributed by atoms with van der Waals surface area (Å²) in [5.74, 6) is 1.30. The molecule has 0 aromatic carbocycles. The molecule has 2 saturated carbocycles. The Labute approximate surface area is 119 Å². The third-order valence-electron chi connectivity index (χ3n) is 4.78. The molecular formula is C14H24N2S2. The molecule has 102 valence electrons. The Balaban J connectivity index is 1.51. The second kappa shape index (κ2) is 5.66. The van der Waals surface area contributed by atoms with Gasteiger partial charge in [0.25, 0.3) is 0 Å². The molecule has 0 bridgehead atoms. The second-order valence-corrected chi connectivity index (χ2v) is 8.23. The van der Waals surface area contributed by atoms with Crippen molar-refractivity contribution < 1.29 is 0 Å². The van der Waals surface area contributed by atoms with Crippen LogP contribution in [-0.4, -0.2) is 35.0 Å². The average molecular weight is 284 g/mol. The molecule has 2 fully saturated rings. The van der Waals surface area contributed by atoms with Crippen molar-refractivity contribution in [2.24, 2.45) is 10.4 Å². The van der Waals surface area contributed by atoms with Gasteiger partial charge in [-0.25, -0.2) is 0 Å². The van der Waals surface area contributed by atoms with Crippen molar-refractivity contribution in [3.63, 3.8) is 0 Å². The summed E-state index contributed by atoms with van der Waals surface area (Å²) >= 11 is 4.01. The first-order valence-corrected chi connectivity index (χ1v) is 9.54. The number of amidine groups is 1. The van der Waals surface area contributed by atoms with Crippen molar-refractivity contribution >= 4 is 28.7 Å². The minimum Gasteiger partial charge on any atom is -0.362 e. The summed E-state index contributed by atoms with van der Waals surface area (Å²) in [6.45, 7) is 1.08. The van der Waals surface area contributed by atoms with E-state index in [9.17, 15) is 0 Å². The minimum atomic E-state index is 0.577. The van der Waals surface area contributed by atoms with Gasteiger partial charge in [0.2, 0.25) is 0 Å². The van der Waals surface area contributed by atoms with E-state index in [2.05, 4.69) is 11.6 Å². The number of aliphatic imine (C=N–C) groups is 1. The molecule has 2 aliphatic carbocycles. The van der Waals surface area contributed by atoms with Crippen LogP contribution < -0.4 is 5.32 Å². The Hall–Kier alpha value is 0.170. The van der Waals surface area contributed by atoms with E-state index in [0.717, 1.165) is 11.8 Å². The van der Waals surface area contributed by atoms with E-state index in [1.807, 2.05) is 23.5 Å². The lowest BCUT2D eigenvalue weighted by atomic mass is 9.89. The summed E-state index contributed by atoms with van der Waals surface area (Å²) in [5, 5.41) is 5.80. The highest BCUT2D eigenvalue weighted by molar-refractivity contribution is 8.13. The first-order chi connectivity index (χ1) is 8.80. The quantitative estimate of drug-likeness (QED) is 0.839. The molecule has 18 heavy (non-hydrogen) atoms. The zero-order chi connectivity index (χ0) is 12.4. The molecular weight excluding hydrogens is 260 g/mol. The molecule has 1 spiro atoms. The highest BCUT2D eigenvalue weighted by atomic mass is 32.2. The van der Waals surface area contributed by atoms with Crippen LogP contribution in [0.3, 0.4) is 0 Å². The Morgan fingerprint density at radius 1 is 1.33 bits per heavy atom. The van der Waals surface area contributed by atoms with Gasteiger partial charge >= 0.3 is 0 Å². The minimum absolute atomic E-state index is 0.577. The van der Waals surface area contributed by atoms with Crippen LogP contribution >= 0.6 is 23.5 Å². The maximum atomic E-state index is 4.84. The molecule has 2 unspecified atom stereocenters. The van der Waals surface area contributed by atoms with Gasteiger partial charge in [-0.3, -0.25) is 4.99 Å². The molecule has 0 aromatic heterocycles. The SMILES string of the molecule is CSC1CCC(NC2=NCC3(CCCC3)CS2)C1. The number of nitrogens with one attached hydrogen (secondary N) is 1. The number of hydrogen-bond donors (Lipinski definition) is 1. The normalized spacial score (nSPS) is 34.8. The summed E-state index contributed by atoms with van der Waals surface area (Å²) in [6, 6.07) is 0.686. The van der Waals surface area contributed by atoms with E-state index in [0.29, 0.717) is 11.5 Å². The Morgan fingerprint density at radius 2 is 2.17 bits per heavy atom. The molecule has 3 aliphatic rings. The molecule has 2 atom stereocenters. The maximum absolute atomic E-state index is 4.84. The first kappa shape index (κ1) is 13.2. The third-order valence-corrected chi connectivity index (χ3v) is 7.15. The summed E-state index contributed by atoms with van der Waals surface area (Å²) < 4.78 is 0. The predicted molar refractivity (Wildman–Crippen MR) is 83.7 cm³/mol. The number of nitrogens with zero attached hydrogens (tertiary/aromatic N) is 1. The summed E-state index contributed by atoms with van der Waals surface area (Å²) in [7, 11) is 0. The molecule has 1 N–H and O–H groups in total. The van der Waals surface area contributed by atoms with Gasteiger partial charge in [-0.15, -0.1) is 0 Å². The van der Waals surface area contributed by atoms with Crippen LogP contribution in [0.4, 0.5) is 0 Å². The average Bonchev–Trinajstić information content (AvgIpc) is 3.02. The summed E-state index contributed by atoms with van der Waals surface area (Å²) in [5.41, 5.74) is 0.577. The lowest BCUT2D eigenvalue weighted by Crippen LogP contribution is -2.37. The van der Waals surface area contributed by atoms with Crippen molar-refractivity contribution in [2.45, 2.75) is 56.2 Å². The molecule has 0 saturated heterocycles. The zero-order valence-electron chi connectivity index (χ0n) is 11.3. The van der Waals surface area contributed by atoms with E-state index < -0.39 is 0 Å². The van der Waals surface area contributed by atoms with Gasteiger partial charge in [-0.1, -0.05) is 24.6 Å². The van der Waals surface area contributed by atoms with E-state index in [-0.39, 0.29) is 0 Å². The Bertz CT molecular complexity index is 324. The van der Waals surface area contributed by atoms with E-state index in [1.165, 1.54) is 55.9 Å². The molecule has 4 heteroatoms. The fourth-order valence-electron chi connectivity index (χ4n) is 3.53. The van der Waals surface area contributed by atoms with Crippen molar-refractivity contribution in [3.05, 3.63) is 0 Å². The van der Waals surface area contributed by atoms with Crippen LogP contribution in [0.2, 0.25) is 0 Å². The number of rotatable bonds is 2. The number of hydrogen-bond acceptors (Lipinski definition) is 4. The van der Waals surface area contributed by atoms with Gasteiger partial charge in [-0.05, 0) is 43.8 Å². The topological polar surface area (TPSA) is 24.4 Å². The molecule has 0 radical (unpaired) electrons. The summed E-state index contributed by atoms with van der Waals surface area (Å²) in [6.07, 6.45) is 11.9. The fraction of sp³-hybridized carbons (Fsp3) is 0.929. The molecule has 3 rings (SSSR count). The second-order valence-electron chi connectivity index (χ2n) is 6.13. The monoisotopic (exact) mass is 284 g/mol. The largest absolute Gasteiger partial charge is 0.362 e. The van der Waals surface area contributed by atoms with Gasteiger partial charge in [0.1, 0.15) is 0 Å². The fourth-order valence-corrected chi connectivity index (χ4v) is 5.55. The van der Waals surface area contributed by atoms with Crippen LogP contribution in [0, 0.1) is 5.41 Å². The van der Waals surface area contributed by atoms with Crippen LogP contribution in [-0.2, 0) is 0 Å². The highest BCUT2D eigenvalue weighted by Crippen LogP contribution is 2.43. The van der Waals surface area contributed by atoms with Gasteiger partial charge in [0, 0.05) is 23.6 Å². The lowest BCUT2D eigenvalue weighted by molar-refractivity contribution is 0.358. The molecule has 1 heterocycles. The molecule has 2 nitrogen and oxygen atoms in total. The van der Waals surface area contributed by atoms with E-state index in [4.69, 9.17) is 4.99 Å². The zero-order valence-corrected chi connectivity index (χ0v) is 12.9. The summed E-state index contributed by atoms with van der Waals surface area (Å²) in [4.78, 5) is 4.84. The molecule has 0 amide bonds. The maximum Gasteiger partial charge on any atom is 0.156 e. The van der Waals surface area contributed by atoms with Crippen LogP contribution in [0.1, 0.15) is 44.9 Å². The van der Waals surface area contributed by atoms with Crippen molar-refractivity contribution in [3.8, 4) is 0 Å². The standard InChI is InChI=1S/C14H24N2S2/c1-17-12-5-4-11(8-12)16-13-15-9-14(10-18-13)6-2-3-7-14/h11-12H,2-10H2,1H3,(H,15,16). The first-order valence-electron chi connectivity index (χ1n) is 7.26. The lowest BCUT2D eigenvalue weighted by Gasteiger charge is -2.31. The van der Waals surface area contributed by atoms with Crippen LogP contribution in [0.5, 0.6) is 0 Å². The van der Waals surface area contributed by atoms with Gasteiger partial charge in [0.05, 0.1) is 0 Å². The van der Waals surface area contributed by atoms with Gasteiger partial charge in [-0.2, -0.15) is 11.8 Å². The van der Waals surface area contributed by atoms with Crippen molar-refractivity contribution in [2.75, 3.05) is 18.6 Å². The van der Waals surface area contributed by atoms with Gasteiger partial charge in [0.15, 0.2) is 5.17 Å². The smallest absolute Gasteiger partial charge is 0.156 e. The molecule has 1 aliphatic heterocycles. The van der Waals surface area contributed by atoms with Crippen LogP contribution in [0.15, 0.2) is 4.99 Å². The molecule has 0 aromatic rings. The highest BCUT2D eigenvalue weighted by Gasteiger charge is 2.37. The Kier molecular flexibility index (Phi) is 4.14. The van der Waals surface area contributed by atoms with E-state index >= 15 is 0 Å².